The third kappa shape index (κ3) is 4.26. The zero-order chi connectivity index (χ0) is 22.8. The highest BCUT2D eigenvalue weighted by Gasteiger charge is 2.30. The van der Waals surface area contributed by atoms with Gasteiger partial charge in [-0.1, -0.05) is 6.07 Å². The molecule has 1 fully saturated rings. The van der Waals surface area contributed by atoms with E-state index in [1.54, 1.807) is 26.2 Å². The van der Waals surface area contributed by atoms with Gasteiger partial charge in [-0.3, -0.25) is 14.5 Å². The monoisotopic (exact) mass is 438 g/mol. The molecule has 1 saturated heterocycles. The van der Waals surface area contributed by atoms with Crippen molar-refractivity contribution < 1.29 is 19.1 Å². The van der Waals surface area contributed by atoms with Crippen molar-refractivity contribution in [3.63, 3.8) is 0 Å². The van der Waals surface area contributed by atoms with Crippen molar-refractivity contribution in [1.29, 1.82) is 0 Å². The zero-order valence-corrected chi connectivity index (χ0v) is 19.2. The van der Waals surface area contributed by atoms with Crippen LogP contribution in [-0.2, 0) is 22.4 Å². The SMILES string of the molecule is COc1ccc(CC(=O)N2CCC[C@H](c3nc(C)c4c(n3)N(C)C(=O)CC4)C2)cc1OC. The molecule has 2 aliphatic heterocycles. The van der Waals surface area contributed by atoms with Crippen LogP contribution in [0.4, 0.5) is 5.82 Å². The highest BCUT2D eigenvalue weighted by molar-refractivity contribution is 5.94. The van der Waals surface area contributed by atoms with Gasteiger partial charge in [-0.25, -0.2) is 9.97 Å². The van der Waals surface area contributed by atoms with E-state index in [0.29, 0.717) is 37.3 Å². The summed E-state index contributed by atoms with van der Waals surface area (Å²) in [5, 5.41) is 0. The van der Waals surface area contributed by atoms with Crippen LogP contribution in [0.5, 0.6) is 11.5 Å². The van der Waals surface area contributed by atoms with E-state index in [4.69, 9.17) is 19.4 Å². The average molecular weight is 439 g/mol. The summed E-state index contributed by atoms with van der Waals surface area (Å²) in [6.45, 7) is 3.30. The molecule has 1 atom stereocenters. The standard InChI is InChI=1S/C24H30N4O4/c1-15-18-8-10-21(29)27(2)24(18)26-23(25-15)17-6-5-11-28(14-17)22(30)13-16-7-9-19(31-3)20(12-16)32-4/h7,9,12,17H,5-6,8,10-11,13-14H2,1-4H3/t17-/m0/s1. The molecule has 0 bridgehead atoms. The van der Waals surface area contributed by atoms with Gasteiger partial charge in [0.15, 0.2) is 11.5 Å². The maximum atomic E-state index is 13.1. The van der Waals surface area contributed by atoms with Gasteiger partial charge in [-0.05, 0) is 43.9 Å². The van der Waals surface area contributed by atoms with Crippen LogP contribution in [-0.4, -0.2) is 61.0 Å². The molecular weight excluding hydrogens is 408 g/mol. The molecule has 8 nitrogen and oxygen atoms in total. The fraction of sp³-hybridized carbons (Fsp3) is 0.500. The summed E-state index contributed by atoms with van der Waals surface area (Å²) < 4.78 is 10.6. The first-order chi connectivity index (χ1) is 15.4. The van der Waals surface area contributed by atoms with Gasteiger partial charge in [-0.15, -0.1) is 0 Å². The van der Waals surface area contributed by atoms with Gasteiger partial charge in [0.25, 0.3) is 0 Å². The summed E-state index contributed by atoms with van der Waals surface area (Å²) in [5.74, 6) is 2.92. The van der Waals surface area contributed by atoms with Crippen LogP contribution in [0, 0.1) is 6.92 Å². The van der Waals surface area contributed by atoms with E-state index in [2.05, 4.69) is 0 Å². The van der Waals surface area contributed by atoms with E-state index in [1.165, 1.54) is 0 Å². The number of carbonyl (C=O) groups excluding carboxylic acids is 2. The normalized spacial score (nSPS) is 18.4. The number of hydrogen-bond acceptors (Lipinski definition) is 6. The number of aromatic nitrogens is 2. The van der Waals surface area contributed by atoms with Crippen LogP contribution in [0.2, 0.25) is 0 Å². The smallest absolute Gasteiger partial charge is 0.228 e. The number of fused-ring (bicyclic) bond motifs is 1. The van der Waals surface area contributed by atoms with Crippen molar-refractivity contribution in [1.82, 2.24) is 14.9 Å². The number of amides is 2. The fourth-order valence-electron chi connectivity index (χ4n) is 4.56. The molecule has 0 saturated carbocycles. The third-order valence-electron chi connectivity index (χ3n) is 6.43. The Bertz CT molecular complexity index is 1040. The lowest BCUT2D eigenvalue weighted by atomic mass is 9.95. The Kier molecular flexibility index (Phi) is 6.30. The molecule has 32 heavy (non-hydrogen) atoms. The minimum absolute atomic E-state index is 0.0625. The molecule has 1 aromatic carbocycles. The van der Waals surface area contributed by atoms with E-state index in [9.17, 15) is 9.59 Å². The number of anilines is 1. The lowest BCUT2D eigenvalue weighted by molar-refractivity contribution is -0.131. The van der Waals surface area contributed by atoms with Crippen LogP contribution in [0.25, 0.3) is 0 Å². The molecule has 0 unspecified atom stereocenters. The lowest BCUT2D eigenvalue weighted by Gasteiger charge is -2.33. The highest BCUT2D eigenvalue weighted by atomic mass is 16.5. The summed E-state index contributed by atoms with van der Waals surface area (Å²) in [5.41, 5.74) is 2.86. The lowest BCUT2D eigenvalue weighted by Crippen LogP contribution is -2.40. The summed E-state index contributed by atoms with van der Waals surface area (Å²) in [4.78, 5) is 38.3. The van der Waals surface area contributed by atoms with Gasteiger partial charge < -0.3 is 14.4 Å². The summed E-state index contributed by atoms with van der Waals surface area (Å²) >= 11 is 0. The Labute approximate surface area is 188 Å². The quantitative estimate of drug-likeness (QED) is 0.714. The van der Waals surface area contributed by atoms with Crippen LogP contribution in [0.1, 0.15) is 47.8 Å². The van der Waals surface area contributed by atoms with Gasteiger partial charge in [0, 0.05) is 43.7 Å². The van der Waals surface area contributed by atoms with Crippen LogP contribution in [0.15, 0.2) is 18.2 Å². The number of piperidine rings is 1. The maximum Gasteiger partial charge on any atom is 0.228 e. The Morgan fingerprint density at radius 2 is 1.94 bits per heavy atom. The first-order valence-corrected chi connectivity index (χ1v) is 11.0. The minimum Gasteiger partial charge on any atom is -0.493 e. The number of ether oxygens (including phenoxy) is 2. The molecule has 3 heterocycles. The van der Waals surface area contributed by atoms with Crippen molar-refractivity contribution in [2.24, 2.45) is 0 Å². The number of likely N-dealkylation sites (tertiary alicyclic amines) is 1. The molecule has 0 radical (unpaired) electrons. The van der Waals surface area contributed by atoms with Gasteiger partial charge in [0.1, 0.15) is 11.6 Å². The Balaban J connectivity index is 1.50. The third-order valence-corrected chi connectivity index (χ3v) is 6.43. The Morgan fingerprint density at radius 1 is 1.16 bits per heavy atom. The van der Waals surface area contributed by atoms with Crippen molar-refractivity contribution in [3.05, 3.63) is 40.8 Å². The first kappa shape index (κ1) is 22.0. The molecule has 4 rings (SSSR count). The second-order valence-electron chi connectivity index (χ2n) is 8.47. The van der Waals surface area contributed by atoms with Crippen molar-refractivity contribution in [2.75, 3.05) is 39.3 Å². The van der Waals surface area contributed by atoms with E-state index >= 15 is 0 Å². The number of carbonyl (C=O) groups is 2. The highest BCUT2D eigenvalue weighted by Crippen LogP contribution is 2.32. The van der Waals surface area contributed by atoms with Gasteiger partial charge in [0.05, 0.1) is 20.6 Å². The summed E-state index contributed by atoms with van der Waals surface area (Å²) in [6, 6.07) is 5.56. The van der Waals surface area contributed by atoms with Crippen LogP contribution >= 0.6 is 0 Å². The van der Waals surface area contributed by atoms with E-state index in [-0.39, 0.29) is 17.7 Å². The van der Waals surface area contributed by atoms with Gasteiger partial charge in [0.2, 0.25) is 11.8 Å². The molecule has 8 heteroatoms. The molecule has 1 aromatic heterocycles. The zero-order valence-electron chi connectivity index (χ0n) is 19.2. The molecule has 0 N–H and O–H groups in total. The summed E-state index contributed by atoms with van der Waals surface area (Å²) in [7, 11) is 4.95. The number of nitrogens with zero attached hydrogens (tertiary/aromatic N) is 4. The predicted octanol–water partition coefficient (Wildman–Crippen LogP) is 2.66. The molecule has 2 aromatic rings. The summed E-state index contributed by atoms with van der Waals surface area (Å²) in [6.07, 6.45) is 3.31. The van der Waals surface area contributed by atoms with Crippen LogP contribution in [0.3, 0.4) is 0 Å². The minimum atomic E-state index is 0.0625. The molecule has 170 valence electrons. The fourth-order valence-corrected chi connectivity index (χ4v) is 4.56. The second kappa shape index (κ2) is 9.14. The number of benzene rings is 1. The van der Waals surface area contributed by atoms with E-state index in [0.717, 1.165) is 47.8 Å². The van der Waals surface area contributed by atoms with Gasteiger partial charge >= 0.3 is 0 Å². The predicted molar refractivity (Wildman–Crippen MR) is 120 cm³/mol. The van der Waals surface area contributed by atoms with Crippen molar-refractivity contribution >= 4 is 17.6 Å². The Morgan fingerprint density at radius 3 is 2.69 bits per heavy atom. The van der Waals surface area contributed by atoms with Crippen LogP contribution < -0.4 is 14.4 Å². The number of hydrogen-bond donors (Lipinski definition) is 0. The number of aryl methyl sites for hydroxylation is 1. The topological polar surface area (TPSA) is 84.9 Å². The molecule has 2 amide bonds. The maximum absolute atomic E-state index is 13.1. The molecule has 0 aliphatic carbocycles. The van der Waals surface area contributed by atoms with E-state index < -0.39 is 0 Å². The largest absolute Gasteiger partial charge is 0.493 e. The molecule has 2 aliphatic rings. The molecular formula is C24H30N4O4. The molecule has 0 spiro atoms. The van der Waals surface area contributed by atoms with Crippen molar-refractivity contribution in [2.45, 2.75) is 44.9 Å². The van der Waals surface area contributed by atoms with E-state index in [1.807, 2.05) is 30.0 Å². The average Bonchev–Trinajstić information content (AvgIpc) is 2.81. The number of methoxy groups -OCH3 is 2. The number of rotatable bonds is 5. The second-order valence-corrected chi connectivity index (χ2v) is 8.47. The Hall–Kier alpha value is -3.16. The van der Waals surface area contributed by atoms with Gasteiger partial charge in [-0.2, -0.15) is 0 Å². The van der Waals surface area contributed by atoms with Crippen molar-refractivity contribution in [3.8, 4) is 11.5 Å². The first-order valence-electron chi connectivity index (χ1n) is 11.0.